The minimum atomic E-state index is -3.17. The number of alkyl carbamates (subject to hydrolysis) is 1. The predicted molar refractivity (Wildman–Crippen MR) is 146 cm³/mol. The van der Waals surface area contributed by atoms with Crippen molar-refractivity contribution in [3.63, 3.8) is 0 Å². The maximum atomic E-state index is 12.2. The Hall–Kier alpha value is -3.18. The van der Waals surface area contributed by atoms with Crippen LogP contribution in [0, 0.1) is 0 Å². The number of aromatic nitrogens is 1. The molecule has 1 unspecified atom stereocenters. The van der Waals surface area contributed by atoms with Crippen LogP contribution in [-0.4, -0.2) is 79.7 Å². The number of benzene rings is 1. The molecule has 208 valence electrons. The molecule has 1 atom stereocenters. The first-order chi connectivity index (χ1) is 18.2. The number of rotatable bonds is 15. The van der Waals surface area contributed by atoms with Crippen molar-refractivity contribution in [2.45, 2.75) is 51.2 Å². The highest BCUT2D eigenvalue weighted by Crippen LogP contribution is 2.20. The molecule has 0 bridgehead atoms. The predicted octanol–water partition coefficient (Wildman–Crippen LogP) is 2.88. The second-order valence-electron chi connectivity index (χ2n) is 9.65. The molecule has 0 radical (unpaired) electrons. The van der Waals surface area contributed by atoms with Crippen molar-refractivity contribution in [2.24, 2.45) is 0 Å². The summed E-state index contributed by atoms with van der Waals surface area (Å²) in [7, 11) is -3.17. The number of nitrogens with zero attached hydrogens (tertiary/aromatic N) is 2. The minimum absolute atomic E-state index is 0.0185. The Kier molecular flexibility index (Phi) is 11.3. The van der Waals surface area contributed by atoms with Gasteiger partial charge in [0.2, 0.25) is 0 Å². The summed E-state index contributed by atoms with van der Waals surface area (Å²) in [5.41, 5.74) is 3.06. The van der Waals surface area contributed by atoms with Gasteiger partial charge in [-0.25, -0.2) is 23.0 Å². The SMILES string of the molecule is CS(=O)(=O)CCN(CCCCc1ccc2c(n1)NCCC2)CCC(NC(=O)OCc1ccccc1)C(=O)O. The number of carbonyl (C=O) groups is 2. The Labute approximate surface area is 224 Å². The van der Waals surface area contributed by atoms with Crippen molar-refractivity contribution in [1.82, 2.24) is 15.2 Å². The summed E-state index contributed by atoms with van der Waals surface area (Å²) in [5, 5.41) is 15.4. The molecule has 10 nitrogen and oxygen atoms in total. The third-order valence-corrected chi connectivity index (χ3v) is 7.35. The van der Waals surface area contributed by atoms with Crippen LogP contribution in [0.3, 0.4) is 0 Å². The van der Waals surface area contributed by atoms with Crippen molar-refractivity contribution < 1.29 is 27.9 Å². The molecule has 1 aromatic carbocycles. The molecule has 0 saturated carbocycles. The number of hydrogen-bond acceptors (Lipinski definition) is 8. The number of carboxylic acid groups (broad SMARTS) is 1. The molecule has 38 heavy (non-hydrogen) atoms. The van der Waals surface area contributed by atoms with Gasteiger partial charge in [-0.05, 0) is 62.3 Å². The largest absolute Gasteiger partial charge is 0.480 e. The number of hydrogen-bond donors (Lipinski definition) is 3. The number of unbranched alkanes of at least 4 members (excludes halogenated alkanes) is 1. The van der Waals surface area contributed by atoms with E-state index in [-0.39, 0.29) is 18.8 Å². The molecule has 1 amide bonds. The summed E-state index contributed by atoms with van der Waals surface area (Å²) >= 11 is 0. The van der Waals surface area contributed by atoms with Gasteiger partial charge in [-0.15, -0.1) is 0 Å². The van der Waals surface area contributed by atoms with Gasteiger partial charge in [-0.3, -0.25) is 0 Å². The van der Waals surface area contributed by atoms with E-state index in [1.54, 1.807) is 12.1 Å². The van der Waals surface area contributed by atoms with Crippen LogP contribution < -0.4 is 10.6 Å². The minimum Gasteiger partial charge on any atom is -0.480 e. The molecule has 1 aliphatic rings. The molecule has 1 aromatic heterocycles. The zero-order valence-corrected chi connectivity index (χ0v) is 22.7. The second-order valence-corrected chi connectivity index (χ2v) is 11.9. The summed E-state index contributed by atoms with van der Waals surface area (Å²) in [5.74, 6) is -0.218. The fraction of sp³-hybridized carbons (Fsp3) is 0.519. The van der Waals surface area contributed by atoms with E-state index in [9.17, 15) is 23.1 Å². The zero-order chi connectivity index (χ0) is 27.4. The maximum Gasteiger partial charge on any atom is 0.408 e. The van der Waals surface area contributed by atoms with Crippen LogP contribution in [0.25, 0.3) is 0 Å². The Morgan fingerprint density at radius 1 is 1.13 bits per heavy atom. The fourth-order valence-electron chi connectivity index (χ4n) is 4.26. The van der Waals surface area contributed by atoms with E-state index in [1.165, 1.54) is 11.8 Å². The summed E-state index contributed by atoms with van der Waals surface area (Å²) in [6.45, 7) is 2.21. The molecular weight excluding hydrogens is 508 g/mol. The van der Waals surface area contributed by atoms with Gasteiger partial charge in [0.05, 0.1) is 5.75 Å². The highest BCUT2D eigenvalue weighted by Gasteiger charge is 2.22. The number of nitrogens with one attached hydrogen (secondary N) is 2. The molecule has 3 N–H and O–H groups in total. The van der Waals surface area contributed by atoms with Crippen LogP contribution in [0.15, 0.2) is 42.5 Å². The number of anilines is 1. The summed E-state index contributed by atoms with van der Waals surface area (Å²) in [4.78, 5) is 30.6. The smallest absolute Gasteiger partial charge is 0.408 e. The van der Waals surface area contributed by atoms with Crippen LogP contribution >= 0.6 is 0 Å². The topological polar surface area (TPSA) is 138 Å². The van der Waals surface area contributed by atoms with Gasteiger partial charge in [-0.1, -0.05) is 36.4 Å². The van der Waals surface area contributed by atoms with Gasteiger partial charge in [0, 0.05) is 31.6 Å². The first-order valence-corrected chi connectivity index (χ1v) is 15.1. The lowest BCUT2D eigenvalue weighted by molar-refractivity contribution is -0.139. The molecule has 1 aliphatic heterocycles. The highest BCUT2D eigenvalue weighted by atomic mass is 32.2. The van der Waals surface area contributed by atoms with Crippen molar-refractivity contribution in [2.75, 3.05) is 43.5 Å². The van der Waals surface area contributed by atoms with E-state index < -0.39 is 27.9 Å². The molecule has 0 fully saturated rings. The quantitative estimate of drug-likeness (QED) is 0.288. The van der Waals surface area contributed by atoms with Crippen LogP contribution in [0.1, 0.15) is 42.5 Å². The third-order valence-electron chi connectivity index (χ3n) is 6.42. The highest BCUT2D eigenvalue weighted by molar-refractivity contribution is 7.90. The monoisotopic (exact) mass is 546 g/mol. The number of fused-ring (bicyclic) bond motifs is 1. The summed E-state index contributed by atoms with van der Waals surface area (Å²) in [6.07, 6.45) is 5.14. The maximum absolute atomic E-state index is 12.2. The van der Waals surface area contributed by atoms with Crippen molar-refractivity contribution in [3.05, 3.63) is 59.3 Å². The standard InChI is InChI=1S/C27H38N4O6S/c1-38(35,36)19-18-31(16-6-5-11-23-13-12-22-10-7-15-28-25(22)29-23)17-14-24(26(32)33)30-27(34)37-20-21-8-3-2-4-9-21/h2-4,8-9,12-13,24H,5-7,10-11,14-20H2,1H3,(H,28,29)(H,30,34)(H,32,33). The van der Waals surface area contributed by atoms with E-state index in [1.807, 2.05) is 23.1 Å². The first-order valence-electron chi connectivity index (χ1n) is 13.0. The van der Waals surface area contributed by atoms with E-state index in [4.69, 9.17) is 9.72 Å². The number of aliphatic carboxylic acids is 1. The molecular formula is C27H38N4O6S. The van der Waals surface area contributed by atoms with Crippen LogP contribution in [-0.2, 0) is 38.8 Å². The van der Waals surface area contributed by atoms with E-state index in [2.05, 4.69) is 22.8 Å². The number of sulfone groups is 1. The Morgan fingerprint density at radius 3 is 2.66 bits per heavy atom. The second kappa shape index (κ2) is 14.7. The van der Waals surface area contributed by atoms with Gasteiger partial charge >= 0.3 is 12.1 Å². The van der Waals surface area contributed by atoms with Crippen molar-refractivity contribution >= 4 is 27.7 Å². The first kappa shape index (κ1) is 29.4. The van der Waals surface area contributed by atoms with Gasteiger partial charge < -0.3 is 25.4 Å². The molecule has 0 spiro atoms. The summed E-state index contributed by atoms with van der Waals surface area (Å²) < 4.78 is 28.6. The summed E-state index contributed by atoms with van der Waals surface area (Å²) in [6, 6.07) is 12.2. The van der Waals surface area contributed by atoms with Gasteiger partial charge in [0.15, 0.2) is 0 Å². The molecule has 0 saturated heterocycles. The molecule has 0 aliphatic carbocycles. The number of ether oxygens (including phenoxy) is 1. The normalized spacial score (nSPS) is 13.8. The van der Waals surface area contributed by atoms with Crippen molar-refractivity contribution in [3.8, 4) is 0 Å². The fourth-order valence-corrected chi connectivity index (χ4v) is 4.85. The molecule has 11 heteroatoms. The number of amides is 1. The van der Waals surface area contributed by atoms with Crippen LogP contribution in [0.4, 0.5) is 10.6 Å². The molecule has 2 heterocycles. The Morgan fingerprint density at radius 2 is 1.92 bits per heavy atom. The van der Waals surface area contributed by atoms with Gasteiger partial charge in [0.1, 0.15) is 28.3 Å². The van der Waals surface area contributed by atoms with E-state index >= 15 is 0 Å². The average Bonchev–Trinajstić information content (AvgIpc) is 2.90. The lowest BCUT2D eigenvalue weighted by Crippen LogP contribution is -2.44. The lowest BCUT2D eigenvalue weighted by Gasteiger charge is -2.24. The van der Waals surface area contributed by atoms with E-state index in [0.717, 1.165) is 55.7 Å². The molecule has 3 rings (SSSR count). The van der Waals surface area contributed by atoms with Crippen LogP contribution in [0.5, 0.6) is 0 Å². The van der Waals surface area contributed by atoms with Gasteiger partial charge in [0.25, 0.3) is 0 Å². The lowest BCUT2D eigenvalue weighted by atomic mass is 10.1. The number of aryl methyl sites for hydroxylation is 2. The average molecular weight is 547 g/mol. The third kappa shape index (κ3) is 10.7. The van der Waals surface area contributed by atoms with Crippen molar-refractivity contribution in [1.29, 1.82) is 0 Å². The van der Waals surface area contributed by atoms with Crippen LogP contribution in [0.2, 0.25) is 0 Å². The number of carbonyl (C=O) groups excluding carboxylic acids is 1. The number of pyridine rings is 1. The molecule has 2 aromatic rings. The zero-order valence-electron chi connectivity index (χ0n) is 21.9. The Bertz CT molecular complexity index is 1160. The Balaban J connectivity index is 1.47. The van der Waals surface area contributed by atoms with Gasteiger partial charge in [-0.2, -0.15) is 0 Å². The number of carboxylic acids is 1. The van der Waals surface area contributed by atoms with E-state index in [0.29, 0.717) is 19.6 Å².